The standard InChI is InChI=1S/C17H21N5OS/c1-4-12(5-2)22-16(11(3)9-19-22)20-17(23)13-10-18-21-15(13)14-7-6-8-24-14/h6-10,12H,4-5H2,1-3H3,(H,18,21)(H,20,23). The maximum Gasteiger partial charge on any atom is 0.260 e. The molecule has 0 aliphatic carbocycles. The van der Waals surface area contributed by atoms with E-state index in [9.17, 15) is 4.79 Å². The average Bonchev–Trinajstić information content (AvgIpc) is 3.31. The van der Waals surface area contributed by atoms with Crippen LogP contribution < -0.4 is 5.32 Å². The summed E-state index contributed by atoms with van der Waals surface area (Å²) in [7, 11) is 0. The van der Waals surface area contributed by atoms with Crippen LogP contribution in [0, 0.1) is 6.92 Å². The van der Waals surface area contributed by atoms with Gasteiger partial charge >= 0.3 is 0 Å². The number of aromatic nitrogens is 4. The Morgan fingerprint density at radius 3 is 2.83 bits per heavy atom. The van der Waals surface area contributed by atoms with E-state index in [1.54, 1.807) is 23.7 Å². The van der Waals surface area contributed by atoms with Gasteiger partial charge in [-0.15, -0.1) is 11.3 Å². The molecule has 0 aliphatic rings. The van der Waals surface area contributed by atoms with E-state index >= 15 is 0 Å². The highest BCUT2D eigenvalue weighted by atomic mass is 32.1. The number of carbonyl (C=O) groups is 1. The number of aromatic amines is 1. The fraction of sp³-hybridized carbons (Fsp3) is 0.353. The number of carbonyl (C=O) groups excluding carboxylic acids is 1. The minimum absolute atomic E-state index is 0.178. The van der Waals surface area contributed by atoms with Crippen LogP contribution in [0.2, 0.25) is 0 Å². The molecule has 0 aliphatic heterocycles. The van der Waals surface area contributed by atoms with Gasteiger partial charge in [0.15, 0.2) is 0 Å². The number of nitrogens with one attached hydrogen (secondary N) is 2. The maximum absolute atomic E-state index is 12.8. The number of thiophene rings is 1. The summed E-state index contributed by atoms with van der Waals surface area (Å²) >= 11 is 1.57. The summed E-state index contributed by atoms with van der Waals surface area (Å²) in [4.78, 5) is 13.8. The molecule has 3 rings (SSSR count). The lowest BCUT2D eigenvalue weighted by Crippen LogP contribution is -2.19. The van der Waals surface area contributed by atoms with Crippen molar-refractivity contribution in [2.45, 2.75) is 39.7 Å². The molecule has 0 saturated carbocycles. The SMILES string of the molecule is CCC(CC)n1ncc(C)c1NC(=O)c1cn[nH]c1-c1cccs1. The number of hydrogen-bond acceptors (Lipinski definition) is 4. The second-order valence-corrected chi connectivity index (χ2v) is 6.63. The van der Waals surface area contributed by atoms with Crippen molar-refractivity contribution < 1.29 is 4.79 Å². The van der Waals surface area contributed by atoms with Gasteiger partial charge in [-0.05, 0) is 31.2 Å². The third kappa shape index (κ3) is 2.99. The molecule has 0 spiro atoms. The highest BCUT2D eigenvalue weighted by Gasteiger charge is 2.20. The van der Waals surface area contributed by atoms with Crippen LogP contribution >= 0.6 is 11.3 Å². The molecule has 0 aromatic carbocycles. The maximum atomic E-state index is 12.8. The smallest absolute Gasteiger partial charge is 0.260 e. The monoisotopic (exact) mass is 343 g/mol. The summed E-state index contributed by atoms with van der Waals surface area (Å²) in [5, 5.41) is 16.4. The molecule has 0 fully saturated rings. The number of nitrogens with zero attached hydrogens (tertiary/aromatic N) is 3. The molecule has 2 N–H and O–H groups in total. The predicted octanol–water partition coefficient (Wildman–Crippen LogP) is 4.26. The highest BCUT2D eigenvalue weighted by molar-refractivity contribution is 7.13. The van der Waals surface area contributed by atoms with Crippen molar-refractivity contribution in [1.29, 1.82) is 0 Å². The largest absolute Gasteiger partial charge is 0.306 e. The Hall–Kier alpha value is -2.41. The van der Waals surface area contributed by atoms with Crippen molar-refractivity contribution in [3.05, 3.63) is 41.0 Å². The van der Waals surface area contributed by atoms with E-state index in [-0.39, 0.29) is 11.9 Å². The summed E-state index contributed by atoms with van der Waals surface area (Å²) in [5.74, 6) is 0.579. The summed E-state index contributed by atoms with van der Waals surface area (Å²) in [6, 6.07) is 4.19. The molecular weight excluding hydrogens is 322 g/mol. The van der Waals surface area contributed by atoms with Crippen LogP contribution in [0.15, 0.2) is 29.9 Å². The van der Waals surface area contributed by atoms with Gasteiger partial charge in [0.25, 0.3) is 5.91 Å². The third-order valence-electron chi connectivity index (χ3n) is 4.15. The molecule has 3 aromatic heterocycles. The lowest BCUT2D eigenvalue weighted by Gasteiger charge is -2.17. The Morgan fingerprint density at radius 2 is 2.17 bits per heavy atom. The number of hydrogen-bond donors (Lipinski definition) is 2. The van der Waals surface area contributed by atoms with Crippen LogP contribution in [-0.2, 0) is 0 Å². The first kappa shape index (κ1) is 16.4. The number of rotatable bonds is 6. The number of H-pyrrole nitrogens is 1. The Morgan fingerprint density at radius 1 is 1.38 bits per heavy atom. The molecule has 3 heterocycles. The second kappa shape index (κ2) is 7.00. The van der Waals surface area contributed by atoms with Gasteiger partial charge in [0.1, 0.15) is 5.82 Å². The summed E-state index contributed by atoms with van der Waals surface area (Å²) < 4.78 is 1.91. The minimum Gasteiger partial charge on any atom is -0.306 e. The van der Waals surface area contributed by atoms with E-state index in [0.29, 0.717) is 5.56 Å². The number of anilines is 1. The van der Waals surface area contributed by atoms with Crippen LogP contribution in [0.5, 0.6) is 0 Å². The number of amides is 1. The van der Waals surface area contributed by atoms with Crippen molar-refractivity contribution in [3.8, 4) is 10.6 Å². The number of aryl methyl sites for hydroxylation is 1. The zero-order valence-electron chi connectivity index (χ0n) is 14.0. The summed E-state index contributed by atoms with van der Waals surface area (Å²) in [6.07, 6.45) is 5.29. The molecule has 6 nitrogen and oxygen atoms in total. The molecule has 1 amide bonds. The van der Waals surface area contributed by atoms with Crippen molar-refractivity contribution in [2.24, 2.45) is 0 Å². The normalized spacial score (nSPS) is 11.2. The van der Waals surface area contributed by atoms with Gasteiger partial charge in [0, 0.05) is 5.56 Å². The van der Waals surface area contributed by atoms with E-state index in [1.807, 2.05) is 29.1 Å². The molecule has 126 valence electrons. The van der Waals surface area contributed by atoms with Gasteiger partial charge in [0.2, 0.25) is 0 Å². The van der Waals surface area contributed by atoms with Crippen LogP contribution in [0.25, 0.3) is 10.6 Å². The highest BCUT2D eigenvalue weighted by Crippen LogP contribution is 2.28. The van der Waals surface area contributed by atoms with Crippen LogP contribution in [0.3, 0.4) is 0 Å². The third-order valence-corrected chi connectivity index (χ3v) is 5.04. The van der Waals surface area contributed by atoms with Crippen molar-refractivity contribution in [2.75, 3.05) is 5.32 Å². The quantitative estimate of drug-likeness (QED) is 0.702. The van der Waals surface area contributed by atoms with Gasteiger partial charge in [-0.25, -0.2) is 4.68 Å². The lowest BCUT2D eigenvalue weighted by molar-refractivity contribution is 0.102. The van der Waals surface area contributed by atoms with E-state index < -0.39 is 0 Å². The van der Waals surface area contributed by atoms with Gasteiger partial charge in [-0.3, -0.25) is 9.89 Å². The Balaban J connectivity index is 1.89. The molecular formula is C17H21N5OS. The van der Waals surface area contributed by atoms with Gasteiger partial charge in [-0.2, -0.15) is 10.2 Å². The van der Waals surface area contributed by atoms with Gasteiger partial charge in [0.05, 0.1) is 34.6 Å². The predicted molar refractivity (Wildman–Crippen MR) is 96.4 cm³/mol. The first-order chi connectivity index (χ1) is 11.7. The van der Waals surface area contributed by atoms with E-state index in [1.165, 1.54) is 0 Å². The molecule has 0 saturated heterocycles. The average molecular weight is 343 g/mol. The second-order valence-electron chi connectivity index (χ2n) is 5.68. The van der Waals surface area contributed by atoms with E-state index in [2.05, 4.69) is 34.5 Å². The van der Waals surface area contributed by atoms with Gasteiger partial charge < -0.3 is 5.32 Å². The lowest BCUT2D eigenvalue weighted by atomic mass is 10.1. The molecule has 0 radical (unpaired) electrons. The first-order valence-corrected chi connectivity index (χ1v) is 8.96. The molecule has 7 heteroatoms. The molecule has 0 atom stereocenters. The van der Waals surface area contributed by atoms with Crippen LogP contribution in [0.4, 0.5) is 5.82 Å². The topological polar surface area (TPSA) is 75.6 Å². The van der Waals surface area contributed by atoms with Gasteiger partial charge in [-0.1, -0.05) is 19.9 Å². The molecule has 24 heavy (non-hydrogen) atoms. The van der Waals surface area contributed by atoms with Crippen LogP contribution in [-0.4, -0.2) is 25.9 Å². The minimum atomic E-state index is -0.178. The summed E-state index contributed by atoms with van der Waals surface area (Å²) in [6.45, 7) is 6.21. The van der Waals surface area contributed by atoms with Crippen molar-refractivity contribution >= 4 is 23.1 Å². The molecule has 3 aromatic rings. The zero-order valence-corrected chi connectivity index (χ0v) is 14.9. The Kier molecular flexibility index (Phi) is 4.80. The van der Waals surface area contributed by atoms with Crippen molar-refractivity contribution in [3.63, 3.8) is 0 Å². The molecule has 0 bridgehead atoms. The van der Waals surface area contributed by atoms with Crippen molar-refractivity contribution in [1.82, 2.24) is 20.0 Å². The Bertz CT molecular complexity index is 814. The summed E-state index contributed by atoms with van der Waals surface area (Å²) in [5.41, 5.74) is 2.24. The zero-order chi connectivity index (χ0) is 17.1. The Labute approximate surface area is 144 Å². The molecule has 0 unspecified atom stereocenters. The van der Waals surface area contributed by atoms with Crippen LogP contribution in [0.1, 0.15) is 48.7 Å². The fourth-order valence-electron chi connectivity index (χ4n) is 2.76. The van der Waals surface area contributed by atoms with E-state index in [4.69, 9.17) is 0 Å². The van der Waals surface area contributed by atoms with E-state index in [0.717, 1.165) is 34.8 Å². The first-order valence-electron chi connectivity index (χ1n) is 8.08. The fourth-order valence-corrected chi connectivity index (χ4v) is 3.49.